The molecule has 3 aromatic rings. The second-order valence-electron chi connectivity index (χ2n) is 6.06. The number of amides is 1. The molecule has 27 heavy (non-hydrogen) atoms. The topological polar surface area (TPSA) is 120 Å². The lowest BCUT2D eigenvalue weighted by Gasteiger charge is -2.06. The molecule has 0 aliphatic rings. The molecule has 1 amide bonds. The van der Waals surface area contributed by atoms with Crippen molar-refractivity contribution in [2.45, 2.75) is 39.9 Å². The van der Waals surface area contributed by atoms with Crippen molar-refractivity contribution in [2.75, 3.05) is 5.32 Å². The quantitative estimate of drug-likeness (QED) is 0.617. The van der Waals surface area contributed by atoms with Crippen LogP contribution in [0.25, 0.3) is 0 Å². The number of aromatic nitrogens is 6. The van der Waals surface area contributed by atoms with Gasteiger partial charge in [0, 0.05) is 30.7 Å². The Morgan fingerprint density at radius 3 is 2.74 bits per heavy atom. The molecule has 0 atom stereocenters. The fourth-order valence-corrected chi connectivity index (χ4v) is 2.67. The average molecular weight is 371 g/mol. The van der Waals surface area contributed by atoms with Crippen LogP contribution in [0.4, 0.5) is 5.69 Å². The Labute approximate surface area is 155 Å². The summed E-state index contributed by atoms with van der Waals surface area (Å²) in [6.07, 6.45) is 6.64. The fraction of sp³-hybridized carbons (Fsp3) is 0.353. The highest BCUT2D eigenvalue weighted by Crippen LogP contribution is 2.12. The number of hydrogen-bond donors (Lipinski definition) is 2. The monoisotopic (exact) mass is 371 g/mol. The largest absolute Gasteiger partial charge is 0.481 e. The Kier molecular flexibility index (Phi) is 5.34. The molecule has 3 aromatic heterocycles. The molecule has 10 nitrogen and oxygen atoms in total. The van der Waals surface area contributed by atoms with E-state index in [9.17, 15) is 9.59 Å². The second-order valence-corrected chi connectivity index (χ2v) is 6.06. The van der Waals surface area contributed by atoms with Gasteiger partial charge in [0.25, 0.3) is 5.91 Å². The molecule has 0 radical (unpaired) electrons. The third kappa shape index (κ3) is 4.40. The zero-order valence-electron chi connectivity index (χ0n) is 15.2. The minimum Gasteiger partial charge on any atom is -0.481 e. The Morgan fingerprint density at radius 2 is 2.04 bits per heavy atom. The van der Waals surface area contributed by atoms with E-state index in [4.69, 9.17) is 5.11 Å². The lowest BCUT2D eigenvalue weighted by Crippen LogP contribution is -2.18. The van der Waals surface area contributed by atoms with Gasteiger partial charge in [0.1, 0.15) is 5.69 Å². The summed E-state index contributed by atoms with van der Waals surface area (Å²) in [6, 6.07) is 1.55. The van der Waals surface area contributed by atoms with Crippen molar-refractivity contribution in [3.8, 4) is 0 Å². The zero-order chi connectivity index (χ0) is 19.4. The van der Waals surface area contributed by atoms with E-state index in [2.05, 4.69) is 20.6 Å². The van der Waals surface area contributed by atoms with Gasteiger partial charge in [-0.1, -0.05) is 0 Å². The summed E-state index contributed by atoms with van der Waals surface area (Å²) < 4.78 is 4.97. The lowest BCUT2D eigenvalue weighted by molar-refractivity contribution is -0.137. The van der Waals surface area contributed by atoms with Gasteiger partial charge < -0.3 is 10.4 Å². The van der Waals surface area contributed by atoms with Crippen molar-refractivity contribution in [1.29, 1.82) is 0 Å². The van der Waals surface area contributed by atoms with E-state index in [0.29, 0.717) is 17.9 Å². The van der Waals surface area contributed by atoms with E-state index in [-0.39, 0.29) is 18.9 Å². The van der Waals surface area contributed by atoms with Gasteiger partial charge in [-0.15, -0.1) is 0 Å². The number of carbonyl (C=O) groups excluding carboxylic acids is 1. The van der Waals surface area contributed by atoms with E-state index >= 15 is 0 Å². The van der Waals surface area contributed by atoms with E-state index in [1.165, 1.54) is 10.9 Å². The molecule has 10 heteroatoms. The molecule has 0 fully saturated rings. The number of aliphatic carboxylic acids is 1. The highest BCUT2D eigenvalue weighted by atomic mass is 16.4. The molecule has 0 spiro atoms. The number of carboxylic acids is 1. The van der Waals surface area contributed by atoms with Crippen molar-refractivity contribution >= 4 is 17.6 Å². The third-order valence-corrected chi connectivity index (χ3v) is 4.08. The molecular weight excluding hydrogens is 350 g/mol. The third-order valence-electron chi connectivity index (χ3n) is 4.08. The van der Waals surface area contributed by atoms with Gasteiger partial charge in [0.2, 0.25) is 0 Å². The van der Waals surface area contributed by atoms with E-state index in [1.807, 2.05) is 24.7 Å². The maximum atomic E-state index is 12.4. The van der Waals surface area contributed by atoms with E-state index < -0.39 is 5.97 Å². The van der Waals surface area contributed by atoms with Crippen LogP contribution in [-0.4, -0.2) is 46.3 Å². The smallest absolute Gasteiger partial charge is 0.305 e. The van der Waals surface area contributed by atoms with Crippen LogP contribution in [0.1, 0.15) is 35.1 Å². The zero-order valence-corrected chi connectivity index (χ0v) is 15.2. The van der Waals surface area contributed by atoms with Gasteiger partial charge >= 0.3 is 5.97 Å². The molecule has 0 bridgehead atoms. The first kappa shape index (κ1) is 18.4. The molecular formula is C17H21N7O3. The van der Waals surface area contributed by atoms with Crippen molar-refractivity contribution < 1.29 is 14.7 Å². The Balaban J connectivity index is 1.65. The van der Waals surface area contributed by atoms with Crippen molar-refractivity contribution in [2.24, 2.45) is 0 Å². The number of aryl methyl sites for hydroxylation is 3. The molecule has 0 saturated heterocycles. The predicted octanol–water partition coefficient (Wildman–Crippen LogP) is 1.38. The van der Waals surface area contributed by atoms with Crippen LogP contribution in [0.2, 0.25) is 0 Å². The predicted molar refractivity (Wildman–Crippen MR) is 96.4 cm³/mol. The van der Waals surface area contributed by atoms with E-state index in [1.54, 1.807) is 23.1 Å². The standard InChI is InChI=1S/C17H21N7O3/c1-3-22-9-13(12(2)21-22)10-23-11-14(8-19-23)20-17(27)15-4-6-18-24(15)7-5-16(25)26/h4,6,8-9,11H,3,5,7,10H2,1-2H3,(H,20,27)(H,25,26). The fourth-order valence-electron chi connectivity index (χ4n) is 2.67. The van der Waals surface area contributed by atoms with Gasteiger partial charge in [-0.25, -0.2) is 0 Å². The first-order chi connectivity index (χ1) is 13.0. The molecule has 142 valence electrons. The molecule has 3 rings (SSSR count). The van der Waals surface area contributed by atoms with Gasteiger partial charge in [0.15, 0.2) is 0 Å². The number of anilines is 1. The number of rotatable bonds is 8. The van der Waals surface area contributed by atoms with Gasteiger partial charge in [0.05, 0.1) is 37.1 Å². The normalized spacial score (nSPS) is 10.9. The van der Waals surface area contributed by atoms with Crippen molar-refractivity contribution in [1.82, 2.24) is 29.3 Å². The summed E-state index contributed by atoms with van der Waals surface area (Å²) in [5.74, 6) is -1.31. The van der Waals surface area contributed by atoms with Gasteiger partial charge in [-0.2, -0.15) is 15.3 Å². The first-order valence-electron chi connectivity index (χ1n) is 8.56. The second kappa shape index (κ2) is 7.85. The van der Waals surface area contributed by atoms with Crippen molar-refractivity contribution in [3.05, 3.63) is 47.8 Å². The van der Waals surface area contributed by atoms with Gasteiger partial charge in [-0.3, -0.25) is 23.6 Å². The molecule has 0 aliphatic heterocycles. The van der Waals surface area contributed by atoms with E-state index in [0.717, 1.165) is 17.8 Å². The van der Waals surface area contributed by atoms with Crippen LogP contribution in [0.5, 0.6) is 0 Å². The summed E-state index contributed by atoms with van der Waals surface area (Å²) in [5.41, 5.74) is 2.85. The highest BCUT2D eigenvalue weighted by Gasteiger charge is 2.14. The number of nitrogens with one attached hydrogen (secondary N) is 1. The van der Waals surface area contributed by atoms with Crippen LogP contribution in [0.3, 0.4) is 0 Å². The maximum Gasteiger partial charge on any atom is 0.305 e. The molecule has 0 unspecified atom stereocenters. The Bertz CT molecular complexity index is 954. The average Bonchev–Trinajstić information content (AvgIpc) is 3.34. The molecule has 0 saturated carbocycles. The van der Waals surface area contributed by atoms with Crippen molar-refractivity contribution in [3.63, 3.8) is 0 Å². The minimum atomic E-state index is -0.945. The summed E-state index contributed by atoms with van der Waals surface area (Å²) in [6.45, 7) is 5.46. The maximum absolute atomic E-state index is 12.4. The van der Waals surface area contributed by atoms with Crippen LogP contribution in [-0.2, 0) is 24.4 Å². The summed E-state index contributed by atoms with van der Waals surface area (Å²) in [7, 11) is 0. The summed E-state index contributed by atoms with van der Waals surface area (Å²) >= 11 is 0. The summed E-state index contributed by atoms with van der Waals surface area (Å²) in [5, 5.41) is 24.2. The number of nitrogens with zero attached hydrogens (tertiary/aromatic N) is 6. The minimum absolute atomic E-state index is 0.106. The molecule has 3 heterocycles. The summed E-state index contributed by atoms with van der Waals surface area (Å²) in [4.78, 5) is 23.1. The highest BCUT2D eigenvalue weighted by molar-refractivity contribution is 6.02. The molecule has 2 N–H and O–H groups in total. The van der Waals surface area contributed by atoms with Crippen LogP contribution < -0.4 is 5.32 Å². The van der Waals surface area contributed by atoms with Crippen LogP contribution in [0.15, 0.2) is 30.9 Å². The SMILES string of the molecule is CCn1cc(Cn2cc(NC(=O)c3ccnn3CCC(=O)O)cn2)c(C)n1. The van der Waals surface area contributed by atoms with Gasteiger partial charge in [-0.05, 0) is 19.9 Å². The Hall–Kier alpha value is -3.43. The van der Waals surface area contributed by atoms with Crippen LogP contribution in [0, 0.1) is 6.92 Å². The number of carbonyl (C=O) groups is 2. The molecule has 0 aliphatic carbocycles. The Morgan fingerprint density at radius 1 is 1.22 bits per heavy atom. The molecule has 0 aromatic carbocycles. The first-order valence-corrected chi connectivity index (χ1v) is 8.56. The number of carboxylic acid groups (broad SMARTS) is 1. The number of hydrogen-bond acceptors (Lipinski definition) is 5. The lowest BCUT2D eigenvalue weighted by atomic mass is 10.3. The van der Waals surface area contributed by atoms with Crippen LogP contribution >= 0.6 is 0 Å².